The van der Waals surface area contributed by atoms with Crippen molar-refractivity contribution in [3.63, 3.8) is 0 Å². The molecule has 0 aliphatic heterocycles. The Balaban J connectivity index is 2.64. The SMILES string of the molecule is OCCn1c(I)cc2cc(Br)ccc21. The minimum Gasteiger partial charge on any atom is -0.395 e. The second-order valence-corrected chi connectivity index (χ2v) is 5.07. The Morgan fingerprint density at radius 2 is 2.14 bits per heavy atom. The molecule has 74 valence electrons. The molecule has 0 spiro atoms. The largest absolute Gasteiger partial charge is 0.395 e. The van der Waals surface area contributed by atoms with Crippen molar-refractivity contribution in [3.8, 4) is 0 Å². The average molecular weight is 366 g/mol. The van der Waals surface area contributed by atoms with E-state index < -0.39 is 0 Å². The Kier molecular flexibility index (Phi) is 3.14. The number of aliphatic hydroxyl groups excluding tert-OH is 1. The lowest BCUT2D eigenvalue weighted by atomic mass is 10.2. The number of hydrogen-bond donors (Lipinski definition) is 1. The van der Waals surface area contributed by atoms with Crippen molar-refractivity contribution < 1.29 is 5.11 Å². The normalized spacial score (nSPS) is 11.1. The van der Waals surface area contributed by atoms with Crippen molar-refractivity contribution in [1.29, 1.82) is 0 Å². The second-order valence-electron chi connectivity index (χ2n) is 3.05. The summed E-state index contributed by atoms with van der Waals surface area (Å²) in [6.45, 7) is 0.833. The molecule has 0 unspecified atom stereocenters. The van der Waals surface area contributed by atoms with Crippen LogP contribution in [0.15, 0.2) is 28.7 Å². The molecule has 0 saturated carbocycles. The summed E-state index contributed by atoms with van der Waals surface area (Å²) in [4.78, 5) is 0. The Bertz CT molecular complexity index is 466. The van der Waals surface area contributed by atoms with Gasteiger partial charge in [0.25, 0.3) is 0 Å². The maximum atomic E-state index is 8.94. The first-order chi connectivity index (χ1) is 6.72. The zero-order valence-electron chi connectivity index (χ0n) is 7.37. The van der Waals surface area contributed by atoms with Crippen LogP contribution in [0.1, 0.15) is 0 Å². The number of hydrogen-bond acceptors (Lipinski definition) is 1. The van der Waals surface area contributed by atoms with Gasteiger partial charge < -0.3 is 9.67 Å². The Labute approximate surface area is 104 Å². The van der Waals surface area contributed by atoms with Crippen molar-refractivity contribution in [2.75, 3.05) is 6.61 Å². The quantitative estimate of drug-likeness (QED) is 0.813. The zero-order chi connectivity index (χ0) is 10.1. The standard InChI is InChI=1S/C10H9BrINO/c11-8-1-2-9-7(5-8)6-10(12)13(9)3-4-14/h1-2,5-6,14H,3-4H2. The van der Waals surface area contributed by atoms with Crippen LogP contribution in [0.2, 0.25) is 0 Å². The molecule has 0 fully saturated rings. The minimum atomic E-state index is 0.176. The van der Waals surface area contributed by atoms with E-state index in [0.717, 1.165) is 8.17 Å². The molecular formula is C10H9BrINO. The van der Waals surface area contributed by atoms with Gasteiger partial charge in [0, 0.05) is 21.9 Å². The average Bonchev–Trinajstić information content (AvgIpc) is 2.43. The first kappa shape index (κ1) is 10.4. The van der Waals surface area contributed by atoms with Crippen molar-refractivity contribution in [2.45, 2.75) is 6.54 Å². The van der Waals surface area contributed by atoms with Crippen LogP contribution in [0.5, 0.6) is 0 Å². The molecule has 0 atom stereocenters. The van der Waals surface area contributed by atoms with Gasteiger partial charge in [0.1, 0.15) is 0 Å². The van der Waals surface area contributed by atoms with E-state index in [9.17, 15) is 0 Å². The third kappa shape index (κ3) is 1.83. The lowest BCUT2D eigenvalue weighted by molar-refractivity contribution is 0.277. The van der Waals surface area contributed by atoms with Gasteiger partial charge >= 0.3 is 0 Å². The molecule has 1 N–H and O–H groups in total. The molecule has 1 heterocycles. The molecule has 0 aliphatic rings. The van der Waals surface area contributed by atoms with Crippen LogP contribution in [0.4, 0.5) is 0 Å². The van der Waals surface area contributed by atoms with E-state index in [1.165, 1.54) is 10.9 Å². The maximum Gasteiger partial charge on any atom is 0.0810 e. The number of aromatic nitrogens is 1. The summed E-state index contributed by atoms with van der Waals surface area (Å²) < 4.78 is 4.36. The fourth-order valence-corrected chi connectivity index (χ4v) is 2.75. The lowest BCUT2D eigenvalue weighted by Crippen LogP contribution is -2.03. The molecule has 0 saturated heterocycles. The van der Waals surface area contributed by atoms with Crippen molar-refractivity contribution >= 4 is 49.4 Å². The fraction of sp³-hybridized carbons (Fsp3) is 0.200. The summed E-state index contributed by atoms with van der Waals surface area (Å²) in [5.41, 5.74) is 1.17. The van der Waals surface area contributed by atoms with E-state index in [4.69, 9.17) is 5.11 Å². The molecule has 0 amide bonds. The summed E-state index contributed by atoms with van der Waals surface area (Å²) in [5.74, 6) is 0. The molecule has 0 radical (unpaired) electrons. The van der Waals surface area contributed by atoms with E-state index in [2.05, 4.69) is 61.3 Å². The highest BCUT2D eigenvalue weighted by Crippen LogP contribution is 2.24. The molecular weight excluding hydrogens is 357 g/mol. The van der Waals surface area contributed by atoms with Crippen LogP contribution in [0.25, 0.3) is 10.9 Å². The predicted molar refractivity (Wildman–Crippen MR) is 69.4 cm³/mol. The number of rotatable bonds is 2. The molecule has 0 bridgehead atoms. The van der Waals surface area contributed by atoms with Gasteiger partial charge in [0.05, 0.1) is 10.3 Å². The molecule has 14 heavy (non-hydrogen) atoms. The van der Waals surface area contributed by atoms with E-state index in [1.807, 2.05) is 6.07 Å². The predicted octanol–water partition coefficient (Wildman–Crippen LogP) is 3.00. The van der Waals surface area contributed by atoms with E-state index >= 15 is 0 Å². The molecule has 1 aromatic heterocycles. The van der Waals surface area contributed by atoms with Gasteiger partial charge in [-0.2, -0.15) is 0 Å². The van der Waals surface area contributed by atoms with Crippen molar-refractivity contribution in [1.82, 2.24) is 4.57 Å². The van der Waals surface area contributed by atoms with Gasteiger partial charge in [-0.3, -0.25) is 0 Å². The van der Waals surface area contributed by atoms with Gasteiger partial charge in [-0.1, -0.05) is 15.9 Å². The van der Waals surface area contributed by atoms with E-state index in [0.29, 0.717) is 6.54 Å². The second kappa shape index (κ2) is 4.20. The molecule has 2 aromatic rings. The van der Waals surface area contributed by atoms with Crippen LogP contribution in [-0.2, 0) is 6.54 Å². The number of aliphatic hydroxyl groups is 1. The summed E-state index contributed by atoms with van der Waals surface area (Å²) in [6.07, 6.45) is 0. The Morgan fingerprint density at radius 3 is 2.86 bits per heavy atom. The smallest absolute Gasteiger partial charge is 0.0810 e. The molecule has 1 aromatic carbocycles. The molecule has 2 nitrogen and oxygen atoms in total. The van der Waals surface area contributed by atoms with Gasteiger partial charge in [0.15, 0.2) is 0 Å². The fourth-order valence-electron chi connectivity index (χ4n) is 1.54. The van der Waals surface area contributed by atoms with E-state index in [-0.39, 0.29) is 6.61 Å². The van der Waals surface area contributed by atoms with Crippen LogP contribution < -0.4 is 0 Å². The summed E-state index contributed by atoms with van der Waals surface area (Å²) >= 11 is 5.73. The molecule has 4 heteroatoms. The third-order valence-electron chi connectivity index (χ3n) is 2.14. The van der Waals surface area contributed by atoms with E-state index in [1.54, 1.807) is 0 Å². The number of fused-ring (bicyclic) bond motifs is 1. The van der Waals surface area contributed by atoms with Crippen molar-refractivity contribution in [3.05, 3.63) is 32.4 Å². The monoisotopic (exact) mass is 365 g/mol. The Hall–Kier alpha value is -0.0700. The van der Waals surface area contributed by atoms with Crippen LogP contribution >= 0.6 is 38.5 Å². The number of benzene rings is 1. The molecule has 0 aliphatic carbocycles. The summed E-state index contributed by atoms with van der Waals surface area (Å²) in [6, 6.07) is 8.30. The summed E-state index contributed by atoms with van der Waals surface area (Å²) in [7, 11) is 0. The number of nitrogens with zero attached hydrogens (tertiary/aromatic N) is 1. The Morgan fingerprint density at radius 1 is 1.36 bits per heavy atom. The van der Waals surface area contributed by atoms with Gasteiger partial charge in [-0.15, -0.1) is 0 Å². The lowest BCUT2D eigenvalue weighted by Gasteiger charge is -2.04. The maximum absolute atomic E-state index is 8.94. The minimum absolute atomic E-state index is 0.176. The zero-order valence-corrected chi connectivity index (χ0v) is 11.1. The topological polar surface area (TPSA) is 25.2 Å². The highest BCUT2D eigenvalue weighted by molar-refractivity contribution is 14.1. The van der Waals surface area contributed by atoms with Gasteiger partial charge in [-0.25, -0.2) is 0 Å². The highest BCUT2D eigenvalue weighted by Gasteiger charge is 2.05. The van der Waals surface area contributed by atoms with Gasteiger partial charge in [-0.05, 0) is 46.9 Å². The molecule has 2 rings (SSSR count). The number of halogens is 2. The first-order valence-corrected chi connectivity index (χ1v) is 6.14. The van der Waals surface area contributed by atoms with Gasteiger partial charge in [0.2, 0.25) is 0 Å². The first-order valence-electron chi connectivity index (χ1n) is 4.27. The van der Waals surface area contributed by atoms with Crippen LogP contribution in [-0.4, -0.2) is 16.3 Å². The van der Waals surface area contributed by atoms with Crippen LogP contribution in [0.3, 0.4) is 0 Å². The summed E-state index contributed by atoms with van der Waals surface area (Å²) in [5, 5.41) is 10.1. The third-order valence-corrected chi connectivity index (χ3v) is 3.52. The highest BCUT2D eigenvalue weighted by atomic mass is 127. The van der Waals surface area contributed by atoms with Crippen LogP contribution in [0, 0.1) is 3.70 Å². The van der Waals surface area contributed by atoms with Crippen molar-refractivity contribution in [2.24, 2.45) is 0 Å².